The van der Waals surface area contributed by atoms with E-state index >= 15 is 0 Å². The van der Waals surface area contributed by atoms with E-state index in [1.165, 1.54) is 15.3 Å². The van der Waals surface area contributed by atoms with Crippen LogP contribution in [0.25, 0.3) is 16.7 Å². The number of ether oxygens (including phenoxy) is 1. The summed E-state index contributed by atoms with van der Waals surface area (Å²) in [5.74, 6) is -0.0483. The quantitative estimate of drug-likeness (QED) is 0.112. The zero-order valence-electron chi connectivity index (χ0n) is 37.5. The van der Waals surface area contributed by atoms with Gasteiger partial charge in [0.05, 0.1) is 35.1 Å². The van der Waals surface area contributed by atoms with Gasteiger partial charge >= 0.3 is 5.69 Å². The van der Waals surface area contributed by atoms with Crippen molar-refractivity contribution in [3.63, 3.8) is 0 Å². The molecule has 4 aromatic heterocycles. The van der Waals surface area contributed by atoms with Gasteiger partial charge in [0.2, 0.25) is 11.8 Å². The number of alkyl halides is 2. The lowest BCUT2D eigenvalue weighted by Crippen LogP contribution is -2.44. The first-order chi connectivity index (χ1) is 31.4. The number of carbonyl (C=O) groups excluding carboxylic acids is 3. The van der Waals surface area contributed by atoms with E-state index in [1.807, 2.05) is 24.3 Å². The summed E-state index contributed by atoms with van der Waals surface area (Å²) in [4.78, 5) is 63.0. The Hall–Kier alpha value is -5.53. The predicted molar refractivity (Wildman–Crippen MR) is 240 cm³/mol. The summed E-state index contributed by atoms with van der Waals surface area (Å²) in [6.45, 7) is 5.21. The summed E-state index contributed by atoms with van der Waals surface area (Å²) >= 11 is 0. The molecule has 0 radical (unpaired) electrons. The van der Waals surface area contributed by atoms with Crippen LogP contribution < -0.4 is 21.2 Å². The number of piperidine rings is 3. The van der Waals surface area contributed by atoms with Crippen LogP contribution in [0.15, 0.2) is 47.7 Å². The first-order valence-corrected chi connectivity index (χ1v) is 23.2. The molecule has 0 spiro atoms. The number of hydrogen-bond acceptors (Lipinski definition) is 11. The number of imidazole rings is 1. The van der Waals surface area contributed by atoms with E-state index in [0.717, 1.165) is 114 Å². The van der Waals surface area contributed by atoms with Crippen LogP contribution >= 0.6 is 0 Å². The highest BCUT2D eigenvalue weighted by Gasteiger charge is 2.33. The number of imide groups is 1. The molecule has 4 aliphatic rings. The smallest absolute Gasteiger partial charge is 0.329 e. The Balaban J connectivity index is 0.728. The molecule has 3 amide bonds. The number of hydrogen-bond donors (Lipinski definition) is 2. The Morgan fingerprint density at radius 2 is 1.75 bits per heavy atom. The first kappa shape index (κ1) is 44.7. The number of nitrogens with one attached hydrogen (secondary N) is 2. The standard InChI is InChI=1S/C46H60F2N12O5/c1-54(2)31-15-22-57(23-16-31)38-19-24-58-43(51-38)34(26-49-58)44(62)50-35-28-59(53-40(35)42(47)48)32-11-9-29(10-12-32)27-56-20-17-33(18-21-56)65-25-5-7-30-6-4-8-36-41(30)55(3)46(64)60(36)37-13-14-39(61)52-45(37)63/h4,6,8,19,24,26,28-29,31-33,37,42H,5,7,9-18,20-23,25,27H2,1-3H3,(H,50,62)(H,52,61,63). The molecule has 19 heteroatoms. The van der Waals surface area contributed by atoms with E-state index in [2.05, 4.69) is 49.6 Å². The number of fused-ring (bicyclic) bond motifs is 2. The second kappa shape index (κ2) is 19.1. The molecule has 3 saturated heterocycles. The minimum absolute atomic E-state index is 0.00418. The van der Waals surface area contributed by atoms with E-state index in [1.54, 1.807) is 28.7 Å². The lowest BCUT2D eigenvalue weighted by atomic mass is 9.85. The van der Waals surface area contributed by atoms with Crippen molar-refractivity contribution in [2.45, 2.75) is 108 Å². The van der Waals surface area contributed by atoms with E-state index < -0.39 is 30.0 Å². The fourth-order valence-electron chi connectivity index (χ4n) is 10.5. The number of carbonyl (C=O) groups is 3. The van der Waals surface area contributed by atoms with Crippen LogP contribution in [0, 0.1) is 5.92 Å². The number of para-hydroxylation sites is 1. The molecule has 1 saturated carbocycles. The van der Waals surface area contributed by atoms with Crippen LogP contribution in [0.2, 0.25) is 0 Å². The molecule has 65 heavy (non-hydrogen) atoms. The van der Waals surface area contributed by atoms with Crippen LogP contribution in [0.4, 0.5) is 20.3 Å². The Morgan fingerprint density at radius 1 is 0.985 bits per heavy atom. The second-order valence-corrected chi connectivity index (χ2v) is 18.6. The molecule has 3 aliphatic heterocycles. The van der Waals surface area contributed by atoms with Crippen LogP contribution in [0.3, 0.4) is 0 Å². The lowest BCUT2D eigenvalue weighted by molar-refractivity contribution is -0.135. The van der Waals surface area contributed by atoms with Gasteiger partial charge in [-0.25, -0.2) is 23.1 Å². The van der Waals surface area contributed by atoms with E-state index in [-0.39, 0.29) is 41.4 Å². The third-order valence-corrected chi connectivity index (χ3v) is 14.2. The number of nitrogens with zero attached hydrogens (tertiary/aromatic N) is 10. The third-order valence-electron chi connectivity index (χ3n) is 14.2. The van der Waals surface area contributed by atoms with Gasteiger partial charge in [0.15, 0.2) is 11.3 Å². The van der Waals surface area contributed by atoms with Crippen molar-refractivity contribution in [3.05, 3.63) is 70.2 Å². The fraction of sp³-hybridized carbons (Fsp3) is 0.587. The van der Waals surface area contributed by atoms with Gasteiger partial charge in [-0.3, -0.25) is 33.5 Å². The molecule has 1 aromatic carbocycles. The monoisotopic (exact) mass is 898 g/mol. The molecule has 4 fully saturated rings. The van der Waals surface area contributed by atoms with E-state index in [9.17, 15) is 28.0 Å². The number of likely N-dealkylation sites (tertiary alicyclic amines) is 1. The van der Waals surface area contributed by atoms with Gasteiger partial charge in [-0.15, -0.1) is 0 Å². The zero-order chi connectivity index (χ0) is 45.4. The van der Waals surface area contributed by atoms with Gasteiger partial charge in [-0.05, 0) is 108 Å². The molecule has 1 atom stereocenters. The van der Waals surface area contributed by atoms with E-state index in [4.69, 9.17) is 9.72 Å². The molecule has 348 valence electrons. The molecule has 1 aliphatic carbocycles. The van der Waals surface area contributed by atoms with Gasteiger partial charge < -0.3 is 24.8 Å². The van der Waals surface area contributed by atoms with Crippen LogP contribution in [-0.4, -0.2) is 127 Å². The summed E-state index contributed by atoms with van der Waals surface area (Å²) < 4.78 is 41.3. The lowest BCUT2D eigenvalue weighted by Gasteiger charge is -2.36. The van der Waals surface area contributed by atoms with Crippen molar-refractivity contribution >= 4 is 45.9 Å². The number of aromatic nitrogens is 7. The summed E-state index contributed by atoms with van der Waals surface area (Å²) in [5, 5.41) is 13.7. The van der Waals surface area contributed by atoms with Crippen molar-refractivity contribution in [2.75, 3.05) is 63.6 Å². The van der Waals surface area contributed by atoms with Gasteiger partial charge in [0.25, 0.3) is 12.3 Å². The zero-order valence-corrected chi connectivity index (χ0v) is 37.5. The summed E-state index contributed by atoms with van der Waals surface area (Å²) in [6, 6.07) is 7.44. The van der Waals surface area contributed by atoms with Gasteiger partial charge in [0.1, 0.15) is 17.4 Å². The Bertz CT molecular complexity index is 2580. The number of anilines is 2. The van der Waals surface area contributed by atoms with Gasteiger partial charge in [-0.1, -0.05) is 12.1 Å². The molecule has 1 unspecified atom stereocenters. The number of rotatable bonds is 14. The SMILES string of the molecule is CN(C)C1CCN(c2ccn3ncc(C(=O)Nc4cn(C5CCC(CN6CCC(OCCCc7cccc8c7n(C)c(=O)n8C7CCC(=O)NC7=O)CC6)CC5)nc4C(F)F)c3n2)CC1. The van der Waals surface area contributed by atoms with Crippen LogP contribution in [0.1, 0.15) is 111 Å². The van der Waals surface area contributed by atoms with Crippen molar-refractivity contribution < 1.29 is 27.9 Å². The topological polar surface area (TPSA) is 169 Å². The average Bonchev–Trinajstić information content (AvgIpc) is 4.00. The van der Waals surface area contributed by atoms with Gasteiger partial charge in [-0.2, -0.15) is 10.2 Å². The molecule has 5 aromatic rings. The fourth-order valence-corrected chi connectivity index (χ4v) is 10.5. The maximum absolute atomic E-state index is 14.3. The summed E-state index contributed by atoms with van der Waals surface area (Å²) in [6.07, 6.45) is 11.6. The normalized spacial score (nSPS) is 21.9. The highest BCUT2D eigenvalue weighted by atomic mass is 19.3. The van der Waals surface area contributed by atoms with Crippen molar-refractivity contribution in [1.29, 1.82) is 0 Å². The second-order valence-electron chi connectivity index (χ2n) is 18.6. The van der Waals surface area contributed by atoms with Gasteiger partial charge in [0, 0.05) is 71.2 Å². The van der Waals surface area contributed by atoms with Crippen LogP contribution in [-0.2, 0) is 27.8 Å². The van der Waals surface area contributed by atoms with Crippen molar-refractivity contribution in [1.82, 2.24) is 48.6 Å². The Labute approximate surface area is 376 Å². The predicted octanol–water partition coefficient (Wildman–Crippen LogP) is 5.12. The average molecular weight is 899 g/mol. The Kier molecular flexibility index (Phi) is 13.1. The van der Waals surface area contributed by atoms with Crippen molar-refractivity contribution in [2.24, 2.45) is 13.0 Å². The maximum Gasteiger partial charge on any atom is 0.329 e. The minimum atomic E-state index is -2.85. The molecular weight excluding hydrogens is 839 g/mol. The Morgan fingerprint density at radius 3 is 2.48 bits per heavy atom. The van der Waals surface area contributed by atoms with E-state index in [0.29, 0.717) is 36.2 Å². The third kappa shape index (κ3) is 9.45. The maximum atomic E-state index is 14.3. The summed E-state index contributed by atoms with van der Waals surface area (Å²) in [5.41, 5.74) is 2.40. The molecule has 2 N–H and O–H groups in total. The van der Waals surface area contributed by atoms with Crippen molar-refractivity contribution in [3.8, 4) is 0 Å². The highest BCUT2D eigenvalue weighted by molar-refractivity contribution is 6.08. The molecular formula is C46H60F2N12O5. The molecule has 17 nitrogen and oxygen atoms in total. The molecule has 9 rings (SSSR count). The summed E-state index contributed by atoms with van der Waals surface area (Å²) in [7, 11) is 5.92. The number of aryl methyl sites for hydroxylation is 2. The molecule has 0 bridgehead atoms. The number of benzene rings is 1. The largest absolute Gasteiger partial charge is 0.378 e. The number of halogens is 2. The minimum Gasteiger partial charge on any atom is -0.378 e. The first-order valence-electron chi connectivity index (χ1n) is 23.2. The number of amides is 3. The van der Waals surface area contributed by atoms with Crippen LogP contribution in [0.5, 0.6) is 0 Å². The molecule has 7 heterocycles. The highest BCUT2D eigenvalue weighted by Crippen LogP contribution is 2.36.